The summed E-state index contributed by atoms with van der Waals surface area (Å²) in [5.41, 5.74) is 2.75. The van der Waals surface area contributed by atoms with Crippen molar-refractivity contribution in [2.24, 2.45) is 0 Å². The predicted molar refractivity (Wildman–Crippen MR) is 125 cm³/mol. The van der Waals surface area contributed by atoms with Crippen molar-refractivity contribution in [1.82, 2.24) is 0 Å². The number of carbonyl (C=O) groups is 1. The summed E-state index contributed by atoms with van der Waals surface area (Å²) >= 11 is 5.94. The first-order chi connectivity index (χ1) is 15.5. The quantitative estimate of drug-likeness (QED) is 0.423. The van der Waals surface area contributed by atoms with Gasteiger partial charge in [0.2, 0.25) is 5.43 Å². The van der Waals surface area contributed by atoms with E-state index in [2.05, 4.69) is 5.32 Å². The van der Waals surface area contributed by atoms with Gasteiger partial charge in [0, 0.05) is 22.3 Å². The van der Waals surface area contributed by atoms with Gasteiger partial charge in [-0.1, -0.05) is 29.8 Å². The Kier molecular flexibility index (Phi) is 6.14. The standard InChI is InChI=1S/C25H20ClNO5/c1-15-11-16(26)7-10-21(15)27-24(28)14-31-17-8-9-19-23(12-17)32-13-20(25(19)29)18-5-3-4-6-22(18)30-2/h3-13H,14H2,1-2H3,(H,27,28). The topological polar surface area (TPSA) is 77.8 Å². The summed E-state index contributed by atoms with van der Waals surface area (Å²) in [5, 5.41) is 3.79. The zero-order valence-electron chi connectivity index (χ0n) is 17.5. The number of methoxy groups -OCH3 is 1. The van der Waals surface area contributed by atoms with Crippen molar-refractivity contribution in [3.63, 3.8) is 0 Å². The maximum Gasteiger partial charge on any atom is 0.262 e. The van der Waals surface area contributed by atoms with E-state index < -0.39 is 0 Å². The van der Waals surface area contributed by atoms with Crippen LogP contribution in [0.3, 0.4) is 0 Å². The molecule has 4 aromatic rings. The van der Waals surface area contributed by atoms with Crippen LogP contribution < -0.4 is 20.2 Å². The number of carbonyl (C=O) groups excluding carboxylic acids is 1. The first-order valence-electron chi connectivity index (χ1n) is 9.84. The van der Waals surface area contributed by atoms with E-state index in [4.69, 9.17) is 25.5 Å². The van der Waals surface area contributed by atoms with Gasteiger partial charge in [-0.05, 0) is 48.9 Å². The van der Waals surface area contributed by atoms with Crippen LogP contribution in [0.25, 0.3) is 22.1 Å². The molecule has 0 aliphatic carbocycles. The number of benzene rings is 3. The van der Waals surface area contributed by atoms with Crippen molar-refractivity contribution in [2.45, 2.75) is 6.92 Å². The molecule has 4 rings (SSSR count). The van der Waals surface area contributed by atoms with E-state index in [-0.39, 0.29) is 17.9 Å². The van der Waals surface area contributed by atoms with Crippen LogP contribution in [0.1, 0.15) is 5.56 Å². The van der Waals surface area contributed by atoms with Crippen LogP contribution >= 0.6 is 11.6 Å². The molecule has 0 radical (unpaired) electrons. The SMILES string of the molecule is COc1ccccc1-c1coc2cc(OCC(=O)Nc3ccc(Cl)cc3C)ccc2c1=O. The maximum atomic E-state index is 13.0. The number of para-hydroxylation sites is 1. The lowest BCUT2D eigenvalue weighted by atomic mass is 10.0. The van der Waals surface area contributed by atoms with E-state index in [0.29, 0.717) is 44.3 Å². The van der Waals surface area contributed by atoms with E-state index in [1.54, 1.807) is 55.6 Å². The Labute approximate surface area is 189 Å². The van der Waals surface area contributed by atoms with E-state index >= 15 is 0 Å². The Morgan fingerprint density at radius 1 is 1.06 bits per heavy atom. The molecule has 32 heavy (non-hydrogen) atoms. The van der Waals surface area contributed by atoms with Crippen LogP contribution in [0.15, 0.2) is 76.1 Å². The average molecular weight is 450 g/mol. The molecule has 0 aliphatic rings. The van der Waals surface area contributed by atoms with Crippen molar-refractivity contribution in [1.29, 1.82) is 0 Å². The lowest BCUT2D eigenvalue weighted by Gasteiger charge is -2.11. The van der Waals surface area contributed by atoms with Crippen LogP contribution in [0.5, 0.6) is 11.5 Å². The second-order valence-electron chi connectivity index (χ2n) is 7.13. The molecule has 0 saturated carbocycles. The molecule has 0 bridgehead atoms. The molecule has 162 valence electrons. The summed E-state index contributed by atoms with van der Waals surface area (Å²) in [7, 11) is 1.55. The Morgan fingerprint density at radius 2 is 1.88 bits per heavy atom. The number of fused-ring (bicyclic) bond motifs is 1. The van der Waals surface area contributed by atoms with Crippen LogP contribution in [-0.2, 0) is 4.79 Å². The first-order valence-corrected chi connectivity index (χ1v) is 10.2. The van der Waals surface area contributed by atoms with Crippen molar-refractivity contribution in [2.75, 3.05) is 19.0 Å². The molecule has 3 aromatic carbocycles. The zero-order chi connectivity index (χ0) is 22.7. The minimum Gasteiger partial charge on any atom is -0.496 e. The van der Waals surface area contributed by atoms with Gasteiger partial charge in [-0.25, -0.2) is 0 Å². The minimum absolute atomic E-state index is 0.182. The number of amides is 1. The van der Waals surface area contributed by atoms with Gasteiger partial charge in [0.1, 0.15) is 23.3 Å². The third kappa shape index (κ3) is 4.45. The second-order valence-corrected chi connectivity index (χ2v) is 7.57. The second kappa shape index (κ2) is 9.16. The lowest BCUT2D eigenvalue weighted by Crippen LogP contribution is -2.20. The highest BCUT2D eigenvalue weighted by atomic mass is 35.5. The Hall–Kier alpha value is -3.77. The Balaban J connectivity index is 1.52. The van der Waals surface area contributed by atoms with Gasteiger partial charge in [-0.15, -0.1) is 0 Å². The predicted octanol–water partition coefficient (Wildman–Crippen LogP) is 5.45. The minimum atomic E-state index is -0.316. The number of aryl methyl sites for hydroxylation is 1. The summed E-state index contributed by atoms with van der Waals surface area (Å²) in [6, 6.07) is 17.3. The molecule has 0 fully saturated rings. The van der Waals surface area contributed by atoms with Crippen LogP contribution in [0.4, 0.5) is 5.69 Å². The summed E-state index contributed by atoms with van der Waals surface area (Å²) in [6.45, 7) is 1.66. The molecular formula is C25H20ClNO5. The van der Waals surface area contributed by atoms with Gasteiger partial charge >= 0.3 is 0 Å². The number of halogens is 1. The third-order valence-corrected chi connectivity index (χ3v) is 5.21. The van der Waals surface area contributed by atoms with Crippen molar-refractivity contribution in [3.05, 3.63) is 87.7 Å². The number of anilines is 1. The Bertz CT molecular complexity index is 1360. The normalized spacial score (nSPS) is 10.7. The largest absolute Gasteiger partial charge is 0.496 e. The molecule has 0 saturated heterocycles. The molecule has 0 unspecified atom stereocenters. The highest BCUT2D eigenvalue weighted by Gasteiger charge is 2.14. The third-order valence-electron chi connectivity index (χ3n) is 4.98. The van der Waals surface area contributed by atoms with Crippen LogP contribution in [0.2, 0.25) is 5.02 Å². The Morgan fingerprint density at radius 3 is 2.66 bits per heavy atom. The smallest absolute Gasteiger partial charge is 0.262 e. The number of hydrogen-bond donors (Lipinski definition) is 1. The van der Waals surface area contributed by atoms with E-state index in [0.717, 1.165) is 5.56 Å². The van der Waals surface area contributed by atoms with Gasteiger partial charge in [0.05, 0.1) is 18.1 Å². The number of hydrogen-bond acceptors (Lipinski definition) is 5. The molecule has 6 nitrogen and oxygen atoms in total. The van der Waals surface area contributed by atoms with Gasteiger partial charge in [0.25, 0.3) is 5.91 Å². The van der Waals surface area contributed by atoms with E-state index in [1.807, 2.05) is 19.1 Å². The highest BCUT2D eigenvalue weighted by molar-refractivity contribution is 6.30. The zero-order valence-corrected chi connectivity index (χ0v) is 18.2. The molecule has 1 amide bonds. The fourth-order valence-corrected chi connectivity index (χ4v) is 3.58. The molecule has 0 aliphatic heterocycles. The summed E-state index contributed by atoms with van der Waals surface area (Å²) in [6.07, 6.45) is 1.41. The monoisotopic (exact) mass is 449 g/mol. The van der Waals surface area contributed by atoms with E-state index in [9.17, 15) is 9.59 Å². The fourth-order valence-electron chi connectivity index (χ4n) is 3.35. The number of rotatable bonds is 6. The van der Waals surface area contributed by atoms with Crippen molar-refractivity contribution in [3.8, 4) is 22.6 Å². The van der Waals surface area contributed by atoms with Crippen molar-refractivity contribution >= 4 is 34.2 Å². The van der Waals surface area contributed by atoms with Gasteiger partial charge in [-0.2, -0.15) is 0 Å². The lowest BCUT2D eigenvalue weighted by molar-refractivity contribution is -0.118. The summed E-state index contributed by atoms with van der Waals surface area (Å²) in [5.74, 6) is 0.679. The molecular weight excluding hydrogens is 430 g/mol. The van der Waals surface area contributed by atoms with Gasteiger partial charge < -0.3 is 19.2 Å². The molecule has 7 heteroatoms. The average Bonchev–Trinajstić information content (AvgIpc) is 2.80. The summed E-state index contributed by atoms with van der Waals surface area (Å²) in [4.78, 5) is 25.3. The van der Waals surface area contributed by atoms with Gasteiger partial charge in [-0.3, -0.25) is 9.59 Å². The van der Waals surface area contributed by atoms with Crippen LogP contribution in [0, 0.1) is 6.92 Å². The van der Waals surface area contributed by atoms with Crippen LogP contribution in [-0.4, -0.2) is 19.6 Å². The molecule has 0 spiro atoms. The number of ether oxygens (including phenoxy) is 2. The van der Waals surface area contributed by atoms with E-state index in [1.165, 1.54) is 6.26 Å². The molecule has 0 atom stereocenters. The van der Waals surface area contributed by atoms with Crippen molar-refractivity contribution < 1.29 is 18.7 Å². The maximum absolute atomic E-state index is 13.0. The first kappa shape index (κ1) is 21.5. The highest BCUT2D eigenvalue weighted by Crippen LogP contribution is 2.29. The molecule has 1 aromatic heterocycles. The summed E-state index contributed by atoms with van der Waals surface area (Å²) < 4.78 is 16.6. The number of nitrogens with one attached hydrogen (secondary N) is 1. The molecule has 1 N–H and O–H groups in total. The molecule has 1 heterocycles. The van der Waals surface area contributed by atoms with Gasteiger partial charge in [0.15, 0.2) is 6.61 Å². The fraction of sp³-hybridized carbons (Fsp3) is 0.120.